The number of nitrogens with zero attached hydrogens (tertiary/aromatic N) is 3. The lowest BCUT2D eigenvalue weighted by Crippen LogP contribution is -2.22. The summed E-state index contributed by atoms with van der Waals surface area (Å²) in [4.78, 5) is 12.0. The maximum atomic E-state index is 12.0. The molecule has 0 aliphatic rings. The molecule has 0 fully saturated rings. The van der Waals surface area contributed by atoms with Gasteiger partial charge < -0.3 is 0 Å². The van der Waals surface area contributed by atoms with Crippen LogP contribution in [0.2, 0.25) is 0 Å². The highest BCUT2D eigenvalue weighted by Crippen LogP contribution is 2.06. The summed E-state index contributed by atoms with van der Waals surface area (Å²) in [6.07, 6.45) is 3.85. The Labute approximate surface area is 99.1 Å². The molecule has 0 unspecified atom stereocenters. The number of hydrogen-bond acceptors (Lipinski definition) is 3. The highest BCUT2D eigenvalue weighted by Gasteiger charge is 2.02. The van der Waals surface area contributed by atoms with Crippen LogP contribution in [0.15, 0.2) is 35.3 Å². The van der Waals surface area contributed by atoms with Crippen LogP contribution in [-0.2, 0) is 6.54 Å². The second-order valence-electron chi connectivity index (χ2n) is 3.88. The predicted octanol–water partition coefficient (Wildman–Crippen LogP) is 2.09. The first-order valence-electron chi connectivity index (χ1n) is 5.65. The standard InChI is InChI=1S/C13H13N3O/c14-8-4-1-5-9-16-13(17)12-7-3-2-6-11(12)10-15-16/h2-3,6-7,10H,1,4-5,9H2. The average Bonchev–Trinajstić information content (AvgIpc) is 2.37. The number of nitriles is 1. The van der Waals surface area contributed by atoms with Gasteiger partial charge in [-0.25, -0.2) is 4.68 Å². The van der Waals surface area contributed by atoms with E-state index in [2.05, 4.69) is 11.2 Å². The summed E-state index contributed by atoms with van der Waals surface area (Å²) >= 11 is 0. The van der Waals surface area contributed by atoms with E-state index >= 15 is 0 Å². The molecule has 0 atom stereocenters. The Balaban J connectivity index is 2.22. The third kappa shape index (κ3) is 2.51. The first-order valence-corrected chi connectivity index (χ1v) is 5.65. The van der Waals surface area contributed by atoms with Crippen molar-refractivity contribution in [3.63, 3.8) is 0 Å². The zero-order valence-electron chi connectivity index (χ0n) is 9.47. The largest absolute Gasteiger partial charge is 0.274 e. The van der Waals surface area contributed by atoms with E-state index in [-0.39, 0.29) is 5.56 Å². The van der Waals surface area contributed by atoms with E-state index in [1.165, 1.54) is 4.68 Å². The predicted molar refractivity (Wildman–Crippen MR) is 65.5 cm³/mol. The molecule has 0 aliphatic carbocycles. The molecule has 17 heavy (non-hydrogen) atoms. The molecule has 0 spiro atoms. The lowest BCUT2D eigenvalue weighted by molar-refractivity contribution is 0.539. The Kier molecular flexibility index (Phi) is 3.51. The van der Waals surface area contributed by atoms with Crippen LogP contribution in [0, 0.1) is 11.3 Å². The number of hydrogen-bond donors (Lipinski definition) is 0. The van der Waals surface area contributed by atoms with Gasteiger partial charge in [0.2, 0.25) is 0 Å². The number of aromatic nitrogens is 2. The Morgan fingerprint density at radius 2 is 2.12 bits per heavy atom. The van der Waals surface area contributed by atoms with E-state index in [9.17, 15) is 4.79 Å². The van der Waals surface area contributed by atoms with E-state index in [4.69, 9.17) is 5.26 Å². The molecule has 2 aromatic rings. The lowest BCUT2D eigenvalue weighted by Gasteiger charge is -2.04. The third-order valence-electron chi connectivity index (χ3n) is 2.67. The number of rotatable bonds is 4. The fourth-order valence-corrected chi connectivity index (χ4v) is 1.75. The molecular weight excluding hydrogens is 214 g/mol. The van der Waals surface area contributed by atoms with Crippen molar-refractivity contribution in [1.29, 1.82) is 5.26 Å². The van der Waals surface area contributed by atoms with Gasteiger partial charge in [-0.3, -0.25) is 4.79 Å². The van der Waals surface area contributed by atoms with Crippen LogP contribution in [0.3, 0.4) is 0 Å². The van der Waals surface area contributed by atoms with Crippen molar-refractivity contribution in [2.75, 3.05) is 0 Å². The summed E-state index contributed by atoms with van der Waals surface area (Å²) in [6.45, 7) is 0.575. The average molecular weight is 227 g/mol. The molecule has 0 radical (unpaired) electrons. The SMILES string of the molecule is N#CCCCCn1ncc2ccccc2c1=O. The second kappa shape index (κ2) is 5.26. The summed E-state index contributed by atoms with van der Waals surface area (Å²) in [5.41, 5.74) is -0.0555. The molecule has 0 amide bonds. The van der Waals surface area contributed by atoms with Gasteiger partial charge >= 0.3 is 0 Å². The van der Waals surface area contributed by atoms with Crippen molar-refractivity contribution in [1.82, 2.24) is 9.78 Å². The number of benzene rings is 1. The van der Waals surface area contributed by atoms with Gasteiger partial charge in [0.25, 0.3) is 5.56 Å². The second-order valence-corrected chi connectivity index (χ2v) is 3.88. The number of aryl methyl sites for hydroxylation is 1. The van der Waals surface area contributed by atoms with Crippen molar-refractivity contribution in [2.24, 2.45) is 0 Å². The number of unbranched alkanes of at least 4 members (excludes halogenated alkanes) is 2. The molecule has 0 N–H and O–H groups in total. The maximum Gasteiger partial charge on any atom is 0.274 e. The van der Waals surface area contributed by atoms with Crippen LogP contribution >= 0.6 is 0 Å². The maximum absolute atomic E-state index is 12.0. The molecule has 2 rings (SSSR count). The third-order valence-corrected chi connectivity index (χ3v) is 2.67. The molecule has 1 aromatic heterocycles. The Hall–Kier alpha value is -2.15. The topological polar surface area (TPSA) is 58.7 Å². The molecule has 0 bridgehead atoms. The van der Waals surface area contributed by atoms with E-state index in [0.29, 0.717) is 18.4 Å². The normalized spacial score (nSPS) is 10.3. The smallest absolute Gasteiger partial charge is 0.267 e. The van der Waals surface area contributed by atoms with Crippen molar-refractivity contribution < 1.29 is 0 Å². The van der Waals surface area contributed by atoms with E-state index in [1.54, 1.807) is 6.20 Å². The first kappa shape index (κ1) is 11.3. The summed E-state index contributed by atoms with van der Waals surface area (Å²) in [6, 6.07) is 9.52. The zero-order chi connectivity index (χ0) is 12.1. The Morgan fingerprint density at radius 1 is 1.29 bits per heavy atom. The van der Waals surface area contributed by atoms with Crippen molar-refractivity contribution in [3.8, 4) is 6.07 Å². The fourth-order valence-electron chi connectivity index (χ4n) is 1.75. The van der Waals surface area contributed by atoms with Crippen LogP contribution in [0.1, 0.15) is 19.3 Å². The molecule has 86 valence electrons. The molecule has 0 saturated carbocycles. The van der Waals surface area contributed by atoms with Gasteiger partial charge in [0.1, 0.15) is 0 Å². The van der Waals surface area contributed by atoms with Crippen molar-refractivity contribution in [2.45, 2.75) is 25.8 Å². The van der Waals surface area contributed by atoms with Crippen molar-refractivity contribution >= 4 is 10.8 Å². The van der Waals surface area contributed by atoms with Crippen molar-refractivity contribution in [3.05, 3.63) is 40.8 Å². The minimum Gasteiger partial charge on any atom is -0.267 e. The molecular formula is C13H13N3O. The molecule has 4 heteroatoms. The van der Waals surface area contributed by atoms with Crippen LogP contribution in [0.5, 0.6) is 0 Å². The van der Waals surface area contributed by atoms with Gasteiger partial charge in [-0.2, -0.15) is 10.4 Å². The number of fused-ring (bicyclic) bond motifs is 1. The van der Waals surface area contributed by atoms with Crippen LogP contribution in [0.4, 0.5) is 0 Å². The van der Waals surface area contributed by atoms with Crippen LogP contribution < -0.4 is 5.56 Å². The fraction of sp³-hybridized carbons (Fsp3) is 0.308. The van der Waals surface area contributed by atoms with Gasteiger partial charge in [0.15, 0.2) is 0 Å². The zero-order valence-corrected chi connectivity index (χ0v) is 9.47. The van der Waals surface area contributed by atoms with Gasteiger partial charge in [-0.1, -0.05) is 18.2 Å². The highest BCUT2D eigenvalue weighted by atomic mass is 16.1. The summed E-state index contributed by atoms with van der Waals surface area (Å²) in [5, 5.41) is 14.1. The highest BCUT2D eigenvalue weighted by molar-refractivity contribution is 5.80. The molecule has 4 nitrogen and oxygen atoms in total. The van der Waals surface area contributed by atoms with Crippen LogP contribution in [0.25, 0.3) is 10.8 Å². The molecule has 0 saturated heterocycles. The minimum absolute atomic E-state index is 0.0555. The van der Waals surface area contributed by atoms with Gasteiger partial charge in [-0.05, 0) is 18.9 Å². The molecule has 1 aromatic carbocycles. The van der Waals surface area contributed by atoms with E-state index in [0.717, 1.165) is 18.2 Å². The van der Waals surface area contributed by atoms with Crippen LogP contribution in [-0.4, -0.2) is 9.78 Å². The quantitative estimate of drug-likeness (QED) is 0.751. The van der Waals surface area contributed by atoms with Gasteiger partial charge in [-0.15, -0.1) is 0 Å². The Bertz CT molecular complexity index is 610. The van der Waals surface area contributed by atoms with Gasteiger partial charge in [0, 0.05) is 18.4 Å². The minimum atomic E-state index is -0.0555. The summed E-state index contributed by atoms with van der Waals surface area (Å²) < 4.78 is 1.47. The first-order chi connectivity index (χ1) is 8.33. The van der Waals surface area contributed by atoms with E-state index in [1.807, 2.05) is 24.3 Å². The van der Waals surface area contributed by atoms with Gasteiger partial charge in [0.05, 0.1) is 17.7 Å². The van der Waals surface area contributed by atoms with E-state index < -0.39 is 0 Å². The Morgan fingerprint density at radius 3 is 2.94 bits per heavy atom. The monoisotopic (exact) mass is 227 g/mol. The summed E-state index contributed by atoms with van der Waals surface area (Å²) in [7, 11) is 0. The lowest BCUT2D eigenvalue weighted by atomic mass is 10.2. The molecule has 0 aliphatic heterocycles. The molecule has 1 heterocycles. The summed E-state index contributed by atoms with van der Waals surface area (Å²) in [5.74, 6) is 0.